The van der Waals surface area contributed by atoms with E-state index in [4.69, 9.17) is 0 Å². The van der Waals surface area contributed by atoms with E-state index in [0.717, 1.165) is 31.2 Å². The molecule has 6 heteroatoms. The maximum atomic E-state index is 11.7. The zero-order valence-electron chi connectivity index (χ0n) is 8.45. The monoisotopic (exact) mass is 238 g/mol. The number of nitrogens with zero attached hydrogens (tertiary/aromatic N) is 1. The number of aromatic amines is 1. The number of rotatable bonds is 0. The minimum Gasteiger partial charge on any atom is -0.421 e. The second-order valence-electron chi connectivity index (χ2n) is 3.96. The molecule has 1 aliphatic carbocycles. The minimum atomic E-state index is -0.760. The Bertz CT molecular complexity index is 680. The van der Waals surface area contributed by atoms with Gasteiger partial charge in [-0.15, -0.1) is 11.3 Å². The number of aromatic nitrogens is 2. The van der Waals surface area contributed by atoms with Gasteiger partial charge in [-0.3, -0.25) is 4.79 Å². The van der Waals surface area contributed by atoms with E-state index >= 15 is 0 Å². The molecule has 2 aromatic heterocycles. The molecule has 0 saturated carbocycles. The molecule has 0 aliphatic heterocycles. The SMILES string of the molecule is O=c1[nH]c2c3c(sc2c(=O)n1O)CCCC3. The summed E-state index contributed by atoms with van der Waals surface area (Å²) in [5, 5.41) is 9.23. The second-order valence-corrected chi connectivity index (χ2v) is 5.07. The summed E-state index contributed by atoms with van der Waals surface area (Å²) in [7, 11) is 0. The molecule has 5 nitrogen and oxygen atoms in total. The standard InChI is InChI=1S/C10H10N2O3S/c13-9-8-7(11-10(14)12(9)15)5-3-1-2-4-6(5)16-8/h15H,1-4H2,(H,11,14). The van der Waals surface area contributed by atoms with Gasteiger partial charge >= 0.3 is 11.2 Å². The number of hydrogen-bond acceptors (Lipinski definition) is 4. The summed E-state index contributed by atoms with van der Waals surface area (Å²) in [6.07, 6.45) is 4.07. The molecule has 16 heavy (non-hydrogen) atoms. The van der Waals surface area contributed by atoms with Crippen molar-refractivity contribution in [3.63, 3.8) is 0 Å². The zero-order chi connectivity index (χ0) is 11.3. The third-order valence-electron chi connectivity index (χ3n) is 2.98. The third kappa shape index (κ3) is 1.16. The molecular weight excluding hydrogens is 228 g/mol. The van der Waals surface area contributed by atoms with Gasteiger partial charge in [0.15, 0.2) is 0 Å². The number of thiophene rings is 1. The third-order valence-corrected chi connectivity index (χ3v) is 4.26. The van der Waals surface area contributed by atoms with Crippen molar-refractivity contribution >= 4 is 21.6 Å². The molecule has 2 N–H and O–H groups in total. The lowest BCUT2D eigenvalue weighted by molar-refractivity contribution is 0.163. The number of fused-ring (bicyclic) bond motifs is 3. The van der Waals surface area contributed by atoms with Gasteiger partial charge in [0.2, 0.25) is 0 Å². The first kappa shape index (κ1) is 9.65. The van der Waals surface area contributed by atoms with E-state index in [0.29, 0.717) is 10.2 Å². The smallest absolute Gasteiger partial charge is 0.362 e. The fourth-order valence-electron chi connectivity index (χ4n) is 2.20. The molecule has 0 spiro atoms. The van der Waals surface area contributed by atoms with E-state index in [1.807, 2.05) is 0 Å². The molecule has 0 unspecified atom stereocenters. The molecule has 2 heterocycles. The van der Waals surface area contributed by atoms with Crippen LogP contribution < -0.4 is 11.2 Å². The summed E-state index contributed by atoms with van der Waals surface area (Å²) in [4.78, 5) is 26.7. The van der Waals surface area contributed by atoms with Crippen molar-refractivity contribution in [1.29, 1.82) is 0 Å². The Balaban J connectivity index is 2.49. The lowest BCUT2D eigenvalue weighted by Crippen LogP contribution is -2.32. The lowest BCUT2D eigenvalue weighted by Gasteiger charge is -2.09. The Morgan fingerprint density at radius 2 is 2.00 bits per heavy atom. The molecule has 1 aliphatic rings. The van der Waals surface area contributed by atoms with Gasteiger partial charge in [-0.1, -0.05) is 4.73 Å². The van der Waals surface area contributed by atoms with Crippen LogP contribution in [-0.2, 0) is 12.8 Å². The first-order valence-corrected chi connectivity index (χ1v) is 5.99. The Labute approximate surface area is 93.9 Å². The van der Waals surface area contributed by atoms with Gasteiger partial charge in [-0.2, -0.15) is 0 Å². The Morgan fingerprint density at radius 3 is 2.81 bits per heavy atom. The molecule has 0 amide bonds. The van der Waals surface area contributed by atoms with Crippen LogP contribution in [0.4, 0.5) is 0 Å². The van der Waals surface area contributed by atoms with Gasteiger partial charge in [0.25, 0.3) is 0 Å². The summed E-state index contributed by atoms with van der Waals surface area (Å²) in [6.45, 7) is 0. The van der Waals surface area contributed by atoms with Crippen LogP contribution in [0.25, 0.3) is 10.2 Å². The maximum Gasteiger partial charge on any atom is 0.362 e. The molecule has 0 aromatic carbocycles. The van der Waals surface area contributed by atoms with Crippen LogP contribution in [0.15, 0.2) is 9.59 Å². The van der Waals surface area contributed by atoms with Crippen molar-refractivity contribution in [1.82, 2.24) is 9.71 Å². The highest BCUT2D eigenvalue weighted by molar-refractivity contribution is 7.19. The highest BCUT2D eigenvalue weighted by Crippen LogP contribution is 2.32. The number of H-pyrrole nitrogens is 1. The maximum absolute atomic E-state index is 11.7. The summed E-state index contributed by atoms with van der Waals surface area (Å²) in [5.74, 6) is 0. The van der Waals surface area contributed by atoms with Crippen molar-refractivity contribution in [3.8, 4) is 0 Å². The molecule has 84 valence electrons. The van der Waals surface area contributed by atoms with Crippen LogP contribution in [-0.4, -0.2) is 14.9 Å². The predicted octanol–water partition coefficient (Wildman–Crippen LogP) is 0.867. The fraction of sp³-hybridized carbons (Fsp3) is 0.400. The molecule has 0 fully saturated rings. The van der Waals surface area contributed by atoms with Crippen LogP contribution >= 0.6 is 11.3 Å². The highest BCUT2D eigenvalue weighted by atomic mass is 32.1. The van der Waals surface area contributed by atoms with Gasteiger partial charge in [0.1, 0.15) is 4.70 Å². The Morgan fingerprint density at radius 1 is 1.25 bits per heavy atom. The molecule has 3 rings (SSSR count). The van der Waals surface area contributed by atoms with Crippen molar-refractivity contribution in [2.24, 2.45) is 0 Å². The first-order valence-electron chi connectivity index (χ1n) is 5.17. The van der Waals surface area contributed by atoms with Gasteiger partial charge in [0, 0.05) is 4.88 Å². The summed E-state index contributed by atoms with van der Waals surface area (Å²) >= 11 is 1.39. The van der Waals surface area contributed by atoms with Crippen LogP contribution in [0, 0.1) is 0 Å². The highest BCUT2D eigenvalue weighted by Gasteiger charge is 2.19. The average molecular weight is 238 g/mol. The van der Waals surface area contributed by atoms with Crippen LogP contribution in [0.2, 0.25) is 0 Å². The molecular formula is C10H10N2O3S. The summed E-state index contributed by atoms with van der Waals surface area (Å²) in [6, 6.07) is 0. The predicted molar refractivity (Wildman–Crippen MR) is 60.5 cm³/mol. The van der Waals surface area contributed by atoms with Crippen LogP contribution in [0.5, 0.6) is 0 Å². The van der Waals surface area contributed by atoms with Crippen molar-refractivity contribution in [3.05, 3.63) is 31.3 Å². The summed E-state index contributed by atoms with van der Waals surface area (Å²) in [5.41, 5.74) is 0.336. The minimum absolute atomic E-state index is 0.143. The van der Waals surface area contributed by atoms with E-state index < -0.39 is 11.2 Å². The van der Waals surface area contributed by atoms with Crippen LogP contribution in [0.1, 0.15) is 23.3 Å². The average Bonchev–Trinajstić information content (AvgIpc) is 2.65. The Hall–Kier alpha value is -1.56. The van der Waals surface area contributed by atoms with Crippen molar-refractivity contribution in [2.75, 3.05) is 0 Å². The molecule has 2 aromatic rings. The van der Waals surface area contributed by atoms with E-state index in [-0.39, 0.29) is 4.73 Å². The van der Waals surface area contributed by atoms with E-state index in [9.17, 15) is 14.8 Å². The number of nitrogens with one attached hydrogen (secondary N) is 1. The largest absolute Gasteiger partial charge is 0.421 e. The summed E-state index contributed by atoms with van der Waals surface area (Å²) < 4.78 is 0.596. The van der Waals surface area contributed by atoms with E-state index in [2.05, 4.69) is 4.98 Å². The van der Waals surface area contributed by atoms with Gasteiger partial charge in [-0.25, -0.2) is 4.79 Å². The van der Waals surface area contributed by atoms with Crippen molar-refractivity contribution in [2.45, 2.75) is 25.7 Å². The van der Waals surface area contributed by atoms with Gasteiger partial charge in [-0.05, 0) is 31.2 Å². The molecule has 0 bridgehead atoms. The molecule has 0 radical (unpaired) electrons. The first-order chi connectivity index (χ1) is 7.68. The van der Waals surface area contributed by atoms with Crippen LogP contribution in [0.3, 0.4) is 0 Å². The number of hydrogen-bond donors (Lipinski definition) is 2. The topological polar surface area (TPSA) is 75.1 Å². The second kappa shape index (κ2) is 3.21. The normalized spacial score (nSPS) is 15.2. The van der Waals surface area contributed by atoms with E-state index in [1.54, 1.807) is 0 Å². The van der Waals surface area contributed by atoms with Crippen molar-refractivity contribution < 1.29 is 5.21 Å². The quantitative estimate of drug-likeness (QED) is 0.669. The molecule has 0 saturated heterocycles. The number of aryl methyl sites for hydroxylation is 2. The zero-order valence-corrected chi connectivity index (χ0v) is 9.26. The lowest BCUT2D eigenvalue weighted by atomic mass is 9.98. The van der Waals surface area contributed by atoms with Gasteiger partial charge < -0.3 is 10.2 Å². The molecule has 0 atom stereocenters. The van der Waals surface area contributed by atoms with Gasteiger partial charge in [0.05, 0.1) is 5.52 Å². The van der Waals surface area contributed by atoms with E-state index in [1.165, 1.54) is 16.2 Å². The Kier molecular flexibility index (Phi) is 1.94. The fourth-order valence-corrected chi connectivity index (χ4v) is 3.47.